The van der Waals surface area contributed by atoms with Gasteiger partial charge in [-0.25, -0.2) is 4.72 Å². The minimum Gasteiger partial charge on any atom is -0.271 e. The van der Waals surface area contributed by atoms with Crippen LogP contribution in [-0.4, -0.2) is 15.5 Å². The second-order valence-corrected chi connectivity index (χ2v) is 5.30. The Morgan fingerprint density at radius 2 is 2.00 bits per heavy atom. The molecule has 4 nitrogen and oxygen atoms in total. The summed E-state index contributed by atoms with van der Waals surface area (Å²) in [6.07, 6.45) is 0. The normalized spacial score (nSPS) is 11.4. The molecule has 14 heavy (non-hydrogen) atoms. The van der Waals surface area contributed by atoms with Gasteiger partial charge in [0.15, 0.2) is 0 Å². The quantitative estimate of drug-likeness (QED) is 0.883. The van der Waals surface area contributed by atoms with Crippen molar-refractivity contribution in [2.24, 2.45) is 0 Å². The van der Waals surface area contributed by atoms with Crippen LogP contribution in [0.25, 0.3) is 0 Å². The van der Waals surface area contributed by atoms with Crippen LogP contribution < -0.4 is 9.44 Å². The van der Waals surface area contributed by atoms with Crippen molar-refractivity contribution in [2.75, 3.05) is 11.8 Å². The predicted molar refractivity (Wildman–Crippen MR) is 60.5 cm³/mol. The van der Waals surface area contributed by atoms with E-state index in [-0.39, 0.29) is 0 Å². The van der Waals surface area contributed by atoms with E-state index < -0.39 is 10.2 Å². The van der Waals surface area contributed by atoms with Crippen molar-refractivity contribution in [3.8, 4) is 0 Å². The Balaban J connectivity index is 3.03. The number of nitrogens with one attached hydrogen (secondary N) is 2. The molecule has 1 aromatic rings. The molecule has 0 saturated carbocycles. The first-order valence-corrected chi connectivity index (χ1v) is 6.19. The van der Waals surface area contributed by atoms with Gasteiger partial charge in [0.25, 0.3) is 10.2 Å². The number of anilines is 1. The van der Waals surface area contributed by atoms with Crippen molar-refractivity contribution in [3.63, 3.8) is 0 Å². The average molecular weight is 279 g/mol. The number of halogens is 1. The van der Waals surface area contributed by atoms with Gasteiger partial charge in [-0.15, -0.1) is 0 Å². The number of hydrogen-bond acceptors (Lipinski definition) is 2. The smallest absolute Gasteiger partial charge is 0.271 e. The zero-order valence-corrected chi connectivity index (χ0v) is 10.2. The van der Waals surface area contributed by atoms with Gasteiger partial charge in [-0.2, -0.15) is 8.42 Å². The first kappa shape index (κ1) is 11.5. The Hall–Kier alpha value is -0.590. The number of hydrogen-bond donors (Lipinski definition) is 2. The molecule has 2 N–H and O–H groups in total. The molecule has 0 atom stereocenters. The van der Waals surface area contributed by atoms with E-state index in [1.165, 1.54) is 7.05 Å². The molecule has 78 valence electrons. The molecule has 0 fully saturated rings. The Morgan fingerprint density at radius 1 is 1.36 bits per heavy atom. The zero-order valence-electron chi connectivity index (χ0n) is 7.83. The second kappa shape index (κ2) is 4.29. The van der Waals surface area contributed by atoms with Crippen LogP contribution in [-0.2, 0) is 10.2 Å². The lowest BCUT2D eigenvalue weighted by Crippen LogP contribution is -2.26. The largest absolute Gasteiger partial charge is 0.298 e. The monoisotopic (exact) mass is 278 g/mol. The van der Waals surface area contributed by atoms with Crippen molar-refractivity contribution in [3.05, 3.63) is 28.2 Å². The third kappa shape index (κ3) is 2.97. The molecule has 0 heterocycles. The van der Waals surface area contributed by atoms with Gasteiger partial charge in [0.05, 0.1) is 5.69 Å². The maximum atomic E-state index is 11.2. The average Bonchev–Trinajstić information content (AvgIpc) is 2.11. The lowest BCUT2D eigenvalue weighted by Gasteiger charge is -2.09. The van der Waals surface area contributed by atoms with E-state index in [1.54, 1.807) is 6.07 Å². The summed E-state index contributed by atoms with van der Waals surface area (Å²) >= 11 is 3.27. The summed E-state index contributed by atoms with van der Waals surface area (Å²) < 4.78 is 27.8. The van der Waals surface area contributed by atoms with E-state index in [1.807, 2.05) is 19.1 Å². The molecule has 1 aromatic carbocycles. The molecule has 0 radical (unpaired) electrons. The zero-order chi connectivity index (χ0) is 10.8. The summed E-state index contributed by atoms with van der Waals surface area (Å²) in [6.45, 7) is 1.83. The lowest BCUT2D eigenvalue weighted by molar-refractivity contribution is 0.593. The van der Waals surface area contributed by atoms with Gasteiger partial charge in [-0.3, -0.25) is 4.72 Å². The molecule has 6 heteroatoms. The Kier molecular flexibility index (Phi) is 3.52. The lowest BCUT2D eigenvalue weighted by atomic mass is 10.2. The summed E-state index contributed by atoms with van der Waals surface area (Å²) in [5, 5.41) is 0. The van der Waals surface area contributed by atoms with Gasteiger partial charge in [0.2, 0.25) is 0 Å². The molecule has 0 aliphatic rings. The van der Waals surface area contributed by atoms with Gasteiger partial charge in [0.1, 0.15) is 0 Å². The first-order chi connectivity index (χ1) is 6.44. The molecular formula is C8H11BrN2O2S. The summed E-state index contributed by atoms with van der Waals surface area (Å²) in [6, 6.07) is 5.40. The number of aryl methyl sites for hydroxylation is 1. The Morgan fingerprint density at radius 3 is 2.57 bits per heavy atom. The molecule has 0 spiro atoms. The highest BCUT2D eigenvalue weighted by atomic mass is 79.9. The van der Waals surface area contributed by atoms with E-state index in [9.17, 15) is 8.42 Å². The van der Waals surface area contributed by atoms with Crippen LogP contribution in [0.3, 0.4) is 0 Å². The fraction of sp³-hybridized carbons (Fsp3) is 0.250. The molecule has 0 unspecified atom stereocenters. The van der Waals surface area contributed by atoms with Crippen LogP contribution in [0, 0.1) is 6.92 Å². The van der Waals surface area contributed by atoms with Gasteiger partial charge in [-0.05, 0) is 24.6 Å². The van der Waals surface area contributed by atoms with Gasteiger partial charge >= 0.3 is 0 Å². The van der Waals surface area contributed by atoms with Crippen LogP contribution in [0.4, 0.5) is 5.69 Å². The third-order valence-electron chi connectivity index (χ3n) is 1.71. The van der Waals surface area contributed by atoms with E-state index >= 15 is 0 Å². The topological polar surface area (TPSA) is 58.2 Å². The highest BCUT2D eigenvalue weighted by molar-refractivity contribution is 9.10. The predicted octanol–water partition coefficient (Wildman–Crippen LogP) is 1.63. The van der Waals surface area contributed by atoms with Crippen molar-refractivity contribution in [1.82, 2.24) is 4.72 Å². The van der Waals surface area contributed by atoms with Crippen molar-refractivity contribution < 1.29 is 8.42 Å². The Labute approximate surface area is 92.0 Å². The van der Waals surface area contributed by atoms with E-state index in [4.69, 9.17) is 0 Å². The van der Waals surface area contributed by atoms with Crippen LogP contribution in [0.1, 0.15) is 5.56 Å². The van der Waals surface area contributed by atoms with E-state index in [2.05, 4.69) is 25.4 Å². The molecule has 0 amide bonds. The Bertz CT molecular complexity index is 431. The van der Waals surface area contributed by atoms with Crippen LogP contribution in [0.5, 0.6) is 0 Å². The molecule has 0 aliphatic carbocycles. The fourth-order valence-corrected chi connectivity index (χ4v) is 1.87. The highest BCUT2D eigenvalue weighted by Crippen LogP contribution is 2.21. The number of benzene rings is 1. The molecule has 0 saturated heterocycles. The molecule has 0 aromatic heterocycles. The van der Waals surface area contributed by atoms with Gasteiger partial charge in [0, 0.05) is 11.5 Å². The van der Waals surface area contributed by atoms with Gasteiger partial charge in [-0.1, -0.05) is 22.0 Å². The van der Waals surface area contributed by atoms with Crippen molar-refractivity contribution >= 4 is 31.8 Å². The molecule has 0 aliphatic heterocycles. The molecular weight excluding hydrogens is 268 g/mol. The van der Waals surface area contributed by atoms with Crippen molar-refractivity contribution in [2.45, 2.75) is 6.92 Å². The van der Waals surface area contributed by atoms with E-state index in [0.29, 0.717) is 5.69 Å². The van der Waals surface area contributed by atoms with Crippen LogP contribution in [0.15, 0.2) is 22.7 Å². The minimum atomic E-state index is -3.43. The molecule has 1 rings (SSSR count). The highest BCUT2D eigenvalue weighted by Gasteiger charge is 2.08. The third-order valence-corrected chi connectivity index (χ3v) is 3.23. The van der Waals surface area contributed by atoms with E-state index in [0.717, 1.165) is 10.0 Å². The van der Waals surface area contributed by atoms with Crippen molar-refractivity contribution in [1.29, 1.82) is 0 Å². The second-order valence-electron chi connectivity index (χ2n) is 2.77. The maximum Gasteiger partial charge on any atom is 0.298 e. The summed E-state index contributed by atoms with van der Waals surface area (Å²) in [7, 11) is -2.08. The fourth-order valence-electron chi connectivity index (χ4n) is 0.900. The summed E-state index contributed by atoms with van der Waals surface area (Å²) in [4.78, 5) is 0. The summed E-state index contributed by atoms with van der Waals surface area (Å²) in [5.74, 6) is 0. The summed E-state index contributed by atoms with van der Waals surface area (Å²) in [5.41, 5.74) is 1.43. The standard InChI is InChI=1S/C8H11BrN2O2S/c1-6-3-4-7(9)5-8(6)11-14(12,13)10-2/h3-5,10-11H,1-2H3. The minimum absolute atomic E-state index is 0.564. The molecule has 0 bridgehead atoms. The first-order valence-electron chi connectivity index (χ1n) is 3.92. The van der Waals surface area contributed by atoms with Crippen LogP contribution >= 0.6 is 15.9 Å². The van der Waals surface area contributed by atoms with Gasteiger partial charge < -0.3 is 0 Å². The number of rotatable bonds is 3. The van der Waals surface area contributed by atoms with Crippen LogP contribution in [0.2, 0.25) is 0 Å². The maximum absolute atomic E-state index is 11.2. The SMILES string of the molecule is CNS(=O)(=O)Nc1cc(Br)ccc1C.